The van der Waals surface area contributed by atoms with Crippen LogP contribution >= 0.6 is 11.6 Å². The monoisotopic (exact) mass is 304 g/mol. The molecular formula is C18H21ClO2. The molecule has 2 unspecified atom stereocenters. The topological polar surface area (TPSA) is 29.5 Å². The molecule has 0 saturated carbocycles. The van der Waals surface area contributed by atoms with E-state index in [1.165, 1.54) is 11.1 Å². The molecule has 0 heterocycles. The van der Waals surface area contributed by atoms with E-state index in [0.717, 1.165) is 5.56 Å². The summed E-state index contributed by atoms with van der Waals surface area (Å²) in [5.41, 5.74) is 3.62. The first-order chi connectivity index (χ1) is 9.95. The maximum Gasteiger partial charge on any atom is 0.122 e. The van der Waals surface area contributed by atoms with Gasteiger partial charge in [0.1, 0.15) is 11.9 Å². The van der Waals surface area contributed by atoms with Gasteiger partial charge in [-0.05, 0) is 55.7 Å². The van der Waals surface area contributed by atoms with Gasteiger partial charge in [0.25, 0.3) is 0 Å². The van der Waals surface area contributed by atoms with Gasteiger partial charge in [-0.1, -0.05) is 35.9 Å². The van der Waals surface area contributed by atoms with Gasteiger partial charge < -0.3 is 9.84 Å². The summed E-state index contributed by atoms with van der Waals surface area (Å²) in [5.74, 6) is 0.675. The summed E-state index contributed by atoms with van der Waals surface area (Å²) in [6.45, 7) is 6.03. The lowest BCUT2D eigenvalue weighted by molar-refractivity contribution is 0.0479. The van der Waals surface area contributed by atoms with Gasteiger partial charge in [-0.2, -0.15) is 0 Å². The van der Waals surface area contributed by atoms with Crippen molar-refractivity contribution in [2.45, 2.75) is 39.4 Å². The fourth-order valence-electron chi connectivity index (χ4n) is 2.17. The van der Waals surface area contributed by atoms with Gasteiger partial charge in [-0.25, -0.2) is 0 Å². The van der Waals surface area contributed by atoms with Crippen LogP contribution in [0.25, 0.3) is 0 Å². The predicted molar refractivity (Wildman–Crippen MR) is 87.2 cm³/mol. The molecule has 0 aromatic heterocycles. The molecule has 0 aliphatic heterocycles. The van der Waals surface area contributed by atoms with Crippen molar-refractivity contribution >= 4 is 11.6 Å². The van der Waals surface area contributed by atoms with Gasteiger partial charge in [-0.3, -0.25) is 0 Å². The van der Waals surface area contributed by atoms with Gasteiger partial charge in [0.05, 0.1) is 6.10 Å². The highest BCUT2D eigenvalue weighted by atomic mass is 35.5. The Morgan fingerprint density at radius 1 is 1.10 bits per heavy atom. The Labute approximate surface area is 131 Å². The molecule has 0 radical (unpaired) electrons. The van der Waals surface area contributed by atoms with Crippen LogP contribution in [0.4, 0.5) is 0 Å². The number of hydrogen-bond acceptors (Lipinski definition) is 2. The molecule has 0 aliphatic rings. The quantitative estimate of drug-likeness (QED) is 0.891. The van der Waals surface area contributed by atoms with Crippen LogP contribution in [-0.2, 0) is 6.42 Å². The lowest BCUT2D eigenvalue weighted by Gasteiger charge is -2.21. The first-order valence-electron chi connectivity index (χ1n) is 7.12. The van der Waals surface area contributed by atoms with Crippen molar-refractivity contribution in [2.24, 2.45) is 0 Å². The molecule has 2 rings (SSSR count). The van der Waals surface area contributed by atoms with Crippen molar-refractivity contribution in [1.82, 2.24) is 0 Å². The van der Waals surface area contributed by atoms with Crippen LogP contribution in [0.15, 0.2) is 42.5 Å². The number of rotatable bonds is 5. The third-order valence-electron chi connectivity index (χ3n) is 3.68. The molecule has 2 atom stereocenters. The SMILES string of the molecule is Cc1ccc(CC(O)C(C)Oc2cccc(Cl)c2)cc1C. The molecule has 0 saturated heterocycles. The molecule has 0 aliphatic carbocycles. The van der Waals surface area contributed by atoms with E-state index in [1.807, 2.05) is 19.1 Å². The van der Waals surface area contributed by atoms with E-state index >= 15 is 0 Å². The summed E-state index contributed by atoms with van der Waals surface area (Å²) in [6, 6.07) is 13.5. The minimum atomic E-state index is -0.564. The predicted octanol–water partition coefficient (Wildman–Crippen LogP) is 4.33. The van der Waals surface area contributed by atoms with Gasteiger partial charge >= 0.3 is 0 Å². The number of aliphatic hydroxyl groups excluding tert-OH is 1. The third kappa shape index (κ3) is 4.48. The number of aryl methyl sites for hydroxylation is 2. The zero-order chi connectivity index (χ0) is 15.4. The van der Waals surface area contributed by atoms with Crippen molar-refractivity contribution in [3.8, 4) is 5.75 Å². The number of benzene rings is 2. The van der Waals surface area contributed by atoms with Crippen LogP contribution in [0.3, 0.4) is 0 Å². The lowest BCUT2D eigenvalue weighted by atomic mass is 10.0. The molecule has 112 valence electrons. The molecule has 2 aromatic carbocycles. The summed E-state index contributed by atoms with van der Waals surface area (Å²) in [7, 11) is 0. The average Bonchev–Trinajstić information content (AvgIpc) is 2.43. The van der Waals surface area contributed by atoms with Crippen LogP contribution < -0.4 is 4.74 Å². The van der Waals surface area contributed by atoms with Gasteiger partial charge in [0.15, 0.2) is 0 Å². The Morgan fingerprint density at radius 3 is 2.52 bits per heavy atom. The van der Waals surface area contributed by atoms with Crippen LogP contribution in [0.2, 0.25) is 5.02 Å². The minimum Gasteiger partial charge on any atom is -0.488 e. The highest BCUT2D eigenvalue weighted by Gasteiger charge is 2.17. The van der Waals surface area contributed by atoms with E-state index in [-0.39, 0.29) is 6.10 Å². The van der Waals surface area contributed by atoms with E-state index in [2.05, 4.69) is 32.0 Å². The van der Waals surface area contributed by atoms with Gasteiger partial charge in [-0.15, -0.1) is 0 Å². The molecule has 0 fully saturated rings. The van der Waals surface area contributed by atoms with E-state index < -0.39 is 6.10 Å². The van der Waals surface area contributed by atoms with Crippen molar-refractivity contribution < 1.29 is 9.84 Å². The van der Waals surface area contributed by atoms with Crippen molar-refractivity contribution in [2.75, 3.05) is 0 Å². The van der Waals surface area contributed by atoms with Gasteiger partial charge in [0, 0.05) is 11.4 Å². The summed E-state index contributed by atoms with van der Waals surface area (Å²) in [5, 5.41) is 10.9. The molecule has 0 amide bonds. The molecule has 0 spiro atoms. The fourth-order valence-corrected chi connectivity index (χ4v) is 2.35. The van der Waals surface area contributed by atoms with Gasteiger partial charge in [0.2, 0.25) is 0 Å². The second-order valence-corrected chi connectivity index (χ2v) is 5.91. The molecular weight excluding hydrogens is 284 g/mol. The maximum absolute atomic E-state index is 10.3. The first-order valence-corrected chi connectivity index (χ1v) is 7.50. The Morgan fingerprint density at radius 2 is 1.86 bits per heavy atom. The van der Waals surface area contributed by atoms with Crippen LogP contribution in [0.1, 0.15) is 23.6 Å². The lowest BCUT2D eigenvalue weighted by Crippen LogP contribution is -2.30. The Hall–Kier alpha value is -1.51. The standard InChI is InChI=1S/C18H21ClO2/c1-12-7-8-15(9-13(12)2)10-18(20)14(3)21-17-6-4-5-16(19)11-17/h4-9,11,14,18,20H,10H2,1-3H3. The van der Waals surface area contributed by atoms with E-state index in [4.69, 9.17) is 16.3 Å². The second kappa shape index (κ2) is 6.97. The third-order valence-corrected chi connectivity index (χ3v) is 3.91. The highest BCUT2D eigenvalue weighted by Crippen LogP contribution is 2.20. The average molecular weight is 305 g/mol. The largest absolute Gasteiger partial charge is 0.488 e. The number of aliphatic hydroxyl groups is 1. The Bertz CT molecular complexity index is 610. The Balaban J connectivity index is 1.98. The van der Waals surface area contributed by atoms with Crippen molar-refractivity contribution in [3.05, 3.63) is 64.2 Å². The normalized spacial score (nSPS) is 13.8. The van der Waals surface area contributed by atoms with E-state index in [0.29, 0.717) is 17.2 Å². The number of halogens is 1. The highest BCUT2D eigenvalue weighted by molar-refractivity contribution is 6.30. The zero-order valence-corrected chi connectivity index (χ0v) is 13.4. The van der Waals surface area contributed by atoms with Crippen LogP contribution in [0.5, 0.6) is 5.75 Å². The number of hydrogen-bond donors (Lipinski definition) is 1. The minimum absolute atomic E-state index is 0.301. The Kier molecular flexibility index (Phi) is 5.27. The summed E-state index contributed by atoms with van der Waals surface area (Å²) in [4.78, 5) is 0. The van der Waals surface area contributed by atoms with Crippen molar-refractivity contribution in [1.29, 1.82) is 0 Å². The molecule has 21 heavy (non-hydrogen) atoms. The smallest absolute Gasteiger partial charge is 0.122 e. The molecule has 3 heteroatoms. The molecule has 1 N–H and O–H groups in total. The van der Waals surface area contributed by atoms with E-state index in [9.17, 15) is 5.11 Å². The molecule has 0 bridgehead atoms. The summed E-state index contributed by atoms with van der Waals surface area (Å²) < 4.78 is 5.75. The first kappa shape index (κ1) is 15.9. The van der Waals surface area contributed by atoms with E-state index in [1.54, 1.807) is 12.1 Å². The van der Waals surface area contributed by atoms with Crippen LogP contribution in [-0.4, -0.2) is 17.3 Å². The maximum atomic E-state index is 10.3. The fraction of sp³-hybridized carbons (Fsp3) is 0.333. The zero-order valence-electron chi connectivity index (χ0n) is 12.6. The summed E-state index contributed by atoms with van der Waals surface area (Å²) >= 11 is 5.93. The molecule has 2 nitrogen and oxygen atoms in total. The van der Waals surface area contributed by atoms with Crippen LogP contribution in [0, 0.1) is 13.8 Å². The second-order valence-electron chi connectivity index (χ2n) is 5.47. The summed E-state index contributed by atoms with van der Waals surface area (Å²) in [6.07, 6.45) is -0.292. The van der Waals surface area contributed by atoms with Crippen molar-refractivity contribution in [3.63, 3.8) is 0 Å². The number of ether oxygens (including phenoxy) is 1. The molecule has 2 aromatic rings.